The van der Waals surface area contributed by atoms with Crippen molar-refractivity contribution in [2.24, 2.45) is 0 Å². The third-order valence-electron chi connectivity index (χ3n) is 3.31. The van der Waals surface area contributed by atoms with E-state index in [9.17, 15) is 4.79 Å². The average molecular weight is 318 g/mol. The second kappa shape index (κ2) is 7.18. The Morgan fingerprint density at radius 3 is 2.55 bits per heavy atom. The summed E-state index contributed by atoms with van der Waals surface area (Å²) in [6.45, 7) is 4.63. The second-order valence-corrected chi connectivity index (χ2v) is 5.58. The van der Waals surface area contributed by atoms with E-state index >= 15 is 0 Å². The van der Waals surface area contributed by atoms with Gasteiger partial charge in [-0.15, -0.1) is 0 Å². The lowest BCUT2D eigenvalue weighted by atomic mass is 10.1. The van der Waals surface area contributed by atoms with E-state index in [4.69, 9.17) is 17.3 Å². The highest BCUT2D eigenvalue weighted by Crippen LogP contribution is 2.27. The van der Waals surface area contributed by atoms with Gasteiger partial charge in [-0.1, -0.05) is 18.5 Å². The van der Waals surface area contributed by atoms with Gasteiger partial charge in [0.2, 0.25) is 0 Å². The minimum atomic E-state index is -0.109. The van der Waals surface area contributed by atoms with Crippen LogP contribution in [0.3, 0.4) is 0 Å². The van der Waals surface area contributed by atoms with Crippen molar-refractivity contribution in [3.05, 3.63) is 52.5 Å². The second-order valence-electron chi connectivity index (χ2n) is 5.14. The van der Waals surface area contributed by atoms with E-state index in [1.165, 1.54) is 0 Å². The van der Waals surface area contributed by atoms with Gasteiger partial charge in [0.05, 0.1) is 11.4 Å². The van der Waals surface area contributed by atoms with E-state index in [0.717, 1.165) is 23.4 Å². The normalized spacial score (nSPS) is 10.3. The molecule has 22 heavy (non-hydrogen) atoms. The van der Waals surface area contributed by atoms with Gasteiger partial charge in [0.15, 0.2) is 0 Å². The van der Waals surface area contributed by atoms with Gasteiger partial charge in [-0.25, -0.2) is 0 Å². The maximum absolute atomic E-state index is 11.9. The third kappa shape index (κ3) is 3.92. The van der Waals surface area contributed by atoms with Crippen molar-refractivity contribution in [2.45, 2.75) is 20.3 Å². The largest absolute Gasteiger partial charge is 0.397 e. The number of nitrogen functional groups attached to an aromatic ring is 1. The fourth-order valence-corrected chi connectivity index (χ4v) is 2.30. The molecule has 0 aliphatic rings. The molecule has 0 radical (unpaired) electrons. The third-order valence-corrected chi connectivity index (χ3v) is 3.54. The number of nitrogens with two attached hydrogens (primary N) is 1. The highest BCUT2D eigenvalue weighted by molar-refractivity contribution is 6.30. The van der Waals surface area contributed by atoms with Crippen LogP contribution in [-0.2, 0) is 0 Å². The van der Waals surface area contributed by atoms with E-state index in [1.54, 1.807) is 12.1 Å². The van der Waals surface area contributed by atoms with Gasteiger partial charge in [0, 0.05) is 22.8 Å². The zero-order valence-electron chi connectivity index (χ0n) is 12.7. The zero-order valence-corrected chi connectivity index (χ0v) is 13.5. The van der Waals surface area contributed by atoms with Crippen LogP contribution in [0.2, 0.25) is 5.02 Å². The number of amides is 1. The van der Waals surface area contributed by atoms with Gasteiger partial charge >= 0.3 is 0 Å². The number of benzene rings is 2. The minimum absolute atomic E-state index is 0.109. The topological polar surface area (TPSA) is 67.2 Å². The lowest BCUT2D eigenvalue weighted by Gasteiger charge is -2.13. The molecule has 0 unspecified atom stereocenters. The summed E-state index contributed by atoms with van der Waals surface area (Å²) in [5, 5.41) is 6.79. The summed E-state index contributed by atoms with van der Waals surface area (Å²) in [6.07, 6.45) is 0.900. The standard InChI is InChI=1S/C17H20ClN3O/c1-3-8-20-17(22)12-4-6-16(14(19)10-12)21-15-7-5-13(18)9-11(15)2/h4-7,9-10,21H,3,8,19H2,1-2H3,(H,20,22). The predicted molar refractivity (Wildman–Crippen MR) is 93.0 cm³/mol. The molecule has 0 saturated carbocycles. The van der Waals surface area contributed by atoms with Gasteiger partial charge in [0.25, 0.3) is 5.91 Å². The first kappa shape index (κ1) is 16.2. The first-order chi connectivity index (χ1) is 10.5. The van der Waals surface area contributed by atoms with Crippen molar-refractivity contribution in [2.75, 3.05) is 17.6 Å². The van der Waals surface area contributed by atoms with Gasteiger partial charge < -0.3 is 16.4 Å². The molecule has 2 aromatic carbocycles. The van der Waals surface area contributed by atoms with Crippen LogP contribution in [0.25, 0.3) is 0 Å². The Morgan fingerprint density at radius 1 is 1.18 bits per heavy atom. The SMILES string of the molecule is CCCNC(=O)c1ccc(Nc2ccc(Cl)cc2C)c(N)c1. The Bertz CT molecular complexity index is 686. The molecule has 2 rings (SSSR count). The van der Waals surface area contributed by atoms with Crippen molar-refractivity contribution in [3.63, 3.8) is 0 Å². The number of anilines is 3. The molecule has 0 atom stereocenters. The molecular formula is C17H20ClN3O. The van der Waals surface area contributed by atoms with E-state index in [2.05, 4.69) is 10.6 Å². The molecule has 0 aliphatic heterocycles. The summed E-state index contributed by atoms with van der Waals surface area (Å²) < 4.78 is 0. The number of aryl methyl sites for hydroxylation is 1. The number of hydrogen-bond donors (Lipinski definition) is 3. The number of hydrogen-bond acceptors (Lipinski definition) is 3. The Morgan fingerprint density at radius 2 is 1.91 bits per heavy atom. The first-order valence-corrected chi connectivity index (χ1v) is 7.60. The minimum Gasteiger partial charge on any atom is -0.397 e. The van der Waals surface area contributed by atoms with Gasteiger partial charge in [-0.3, -0.25) is 4.79 Å². The molecule has 2 aromatic rings. The van der Waals surface area contributed by atoms with Gasteiger partial charge in [-0.05, 0) is 55.3 Å². The summed E-state index contributed by atoms with van der Waals surface area (Å²) in [5.41, 5.74) is 9.85. The van der Waals surface area contributed by atoms with Crippen LogP contribution in [0, 0.1) is 6.92 Å². The van der Waals surface area contributed by atoms with E-state index in [-0.39, 0.29) is 5.91 Å². The van der Waals surface area contributed by atoms with Crippen LogP contribution in [-0.4, -0.2) is 12.5 Å². The quantitative estimate of drug-likeness (QED) is 0.727. The lowest BCUT2D eigenvalue weighted by Crippen LogP contribution is -2.24. The Labute approximate surface area is 135 Å². The summed E-state index contributed by atoms with van der Waals surface area (Å²) in [6, 6.07) is 10.9. The number of carbonyl (C=O) groups is 1. The van der Waals surface area contributed by atoms with Crippen molar-refractivity contribution >= 4 is 34.6 Å². The smallest absolute Gasteiger partial charge is 0.251 e. The molecule has 0 spiro atoms. The Hall–Kier alpha value is -2.20. The Balaban J connectivity index is 2.17. The molecule has 4 nitrogen and oxygen atoms in total. The molecule has 1 amide bonds. The molecule has 0 heterocycles. The number of nitrogens with one attached hydrogen (secondary N) is 2. The highest BCUT2D eigenvalue weighted by atomic mass is 35.5. The number of carbonyl (C=O) groups excluding carboxylic acids is 1. The predicted octanol–water partition coefficient (Wildman–Crippen LogP) is 4.11. The van der Waals surface area contributed by atoms with Gasteiger partial charge in [-0.2, -0.15) is 0 Å². The van der Waals surface area contributed by atoms with Crippen LogP contribution in [0.15, 0.2) is 36.4 Å². The summed E-state index contributed by atoms with van der Waals surface area (Å²) in [5.74, 6) is -0.109. The molecule has 0 aliphatic carbocycles. The maximum Gasteiger partial charge on any atom is 0.251 e. The van der Waals surface area contributed by atoms with Crippen LogP contribution in [0.1, 0.15) is 29.3 Å². The van der Waals surface area contributed by atoms with Crippen LogP contribution in [0.5, 0.6) is 0 Å². The molecule has 5 heteroatoms. The van der Waals surface area contributed by atoms with E-state index in [1.807, 2.05) is 38.1 Å². The van der Waals surface area contributed by atoms with Crippen molar-refractivity contribution in [1.82, 2.24) is 5.32 Å². The van der Waals surface area contributed by atoms with Gasteiger partial charge in [0.1, 0.15) is 0 Å². The highest BCUT2D eigenvalue weighted by Gasteiger charge is 2.08. The summed E-state index contributed by atoms with van der Waals surface area (Å²) >= 11 is 5.95. The fraction of sp³-hybridized carbons (Fsp3) is 0.235. The molecule has 0 aromatic heterocycles. The van der Waals surface area contributed by atoms with E-state index < -0.39 is 0 Å². The lowest BCUT2D eigenvalue weighted by molar-refractivity contribution is 0.0953. The number of rotatable bonds is 5. The summed E-state index contributed by atoms with van der Waals surface area (Å²) in [4.78, 5) is 11.9. The molecule has 116 valence electrons. The van der Waals surface area contributed by atoms with Crippen LogP contribution >= 0.6 is 11.6 Å². The van der Waals surface area contributed by atoms with Crippen LogP contribution in [0.4, 0.5) is 17.1 Å². The monoisotopic (exact) mass is 317 g/mol. The molecule has 0 saturated heterocycles. The van der Waals surface area contributed by atoms with E-state index in [0.29, 0.717) is 22.8 Å². The van der Waals surface area contributed by atoms with Crippen molar-refractivity contribution < 1.29 is 4.79 Å². The molecule has 0 fully saturated rings. The zero-order chi connectivity index (χ0) is 16.1. The molecule has 0 bridgehead atoms. The molecular weight excluding hydrogens is 298 g/mol. The Kier molecular flexibility index (Phi) is 5.28. The van der Waals surface area contributed by atoms with Crippen molar-refractivity contribution in [3.8, 4) is 0 Å². The van der Waals surface area contributed by atoms with Crippen LogP contribution < -0.4 is 16.4 Å². The molecule has 4 N–H and O–H groups in total. The maximum atomic E-state index is 11.9. The fourth-order valence-electron chi connectivity index (χ4n) is 2.07. The van der Waals surface area contributed by atoms with Crippen molar-refractivity contribution in [1.29, 1.82) is 0 Å². The average Bonchev–Trinajstić information content (AvgIpc) is 2.49. The number of halogens is 1. The summed E-state index contributed by atoms with van der Waals surface area (Å²) in [7, 11) is 0. The first-order valence-electron chi connectivity index (χ1n) is 7.22.